The van der Waals surface area contributed by atoms with Crippen LogP contribution in [0.5, 0.6) is 0 Å². The van der Waals surface area contributed by atoms with Crippen molar-refractivity contribution >= 4 is 53.3 Å². The predicted octanol–water partition coefficient (Wildman–Crippen LogP) is 4.57. The lowest BCUT2D eigenvalue weighted by Crippen LogP contribution is -1.70. The largest absolute Gasteiger partial charge is 0.205 e. The summed E-state index contributed by atoms with van der Waals surface area (Å²) < 4.78 is 15.7. The van der Waals surface area contributed by atoms with E-state index in [0.29, 0.717) is 4.70 Å². The number of fused-ring (bicyclic) bond motifs is 1. The highest BCUT2D eigenvalue weighted by Crippen LogP contribution is 2.40. The molecule has 0 nitrogen and oxygen atoms in total. The van der Waals surface area contributed by atoms with E-state index in [4.69, 9.17) is 0 Å². The van der Waals surface area contributed by atoms with Crippen LogP contribution in [0.4, 0.5) is 4.39 Å². The molecule has 4 heteroatoms. The van der Waals surface area contributed by atoms with Gasteiger partial charge in [-0.1, -0.05) is 12.1 Å². The van der Waals surface area contributed by atoms with Gasteiger partial charge in [-0.25, -0.2) is 4.39 Å². The van der Waals surface area contributed by atoms with Crippen LogP contribution in [0, 0.1) is 5.82 Å². The molecule has 2 aromatic rings. The van der Waals surface area contributed by atoms with E-state index in [1.807, 2.05) is 6.07 Å². The van der Waals surface area contributed by atoms with Crippen LogP contribution in [-0.2, 0) is 0 Å². The first-order valence-corrected chi connectivity index (χ1v) is 5.62. The van der Waals surface area contributed by atoms with E-state index in [0.717, 1.165) is 13.6 Å². The van der Waals surface area contributed by atoms with Gasteiger partial charge in [0.2, 0.25) is 0 Å². The molecule has 0 saturated heterocycles. The number of hydrogen-bond donors (Lipinski definition) is 0. The summed E-state index contributed by atoms with van der Waals surface area (Å²) in [6, 6.07) is 5.07. The number of halogens is 3. The highest BCUT2D eigenvalue weighted by molar-refractivity contribution is 9.13. The molecule has 0 aliphatic carbocycles. The molecule has 0 amide bonds. The van der Waals surface area contributed by atoms with E-state index in [1.165, 1.54) is 17.4 Å². The van der Waals surface area contributed by atoms with Crippen molar-refractivity contribution in [2.45, 2.75) is 0 Å². The molecule has 0 aliphatic rings. The van der Waals surface area contributed by atoms with E-state index in [1.54, 1.807) is 6.07 Å². The summed E-state index contributed by atoms with van der Waals surface area (Å²) >= 11 is 8.13. The quantitative estimate of drug-likeness (QED) is 0.669. The Hall–Kier alpha value is 0.0700. The zero-order chi connectivity index (χ0) is 8.72. The third kappa shape index (κ3) is 1.22. The number of benzene rings is 1. The summed E-state index contributed by atoms with van der Waals surface area (Å²) in [5.41, 5.74) is 0. The second-order valence-corrected chi connectivity index (χ2v) is 5.44. The van der Waals surface area contributed by atoms with Gasteiger partial charge in [-0.05, 0) is 37.9 Å². The second-order valence-electron chi connectivity index (χ2n) is 2.31. The van der Waals surface area contributed by atoms with Gasteiger partial charge in [0.25, 0.3) is 0 Å². The Labute approximate surface area is 89.7 Å². The molecule has 0 spiro atoms. The molecule has 1 aromatic carbocycles. The minimum absolute atomic E-state index is 0.163. The van der Waals surface area contributed by atoms with Crippen LogP contribution in [0.3, 0.4) is 0 Å². The second kappa shape index (κ2) is 3.09. The fourth-order valence-electron chi connectivity index (χ4n) is 1.03. The van der Waals surface area contributed by atoms with Gasteiger partial charge in [-0.15, -0.1) is 11.3 Å². The van der Waals surface area contributed by atoms with E-state index >= 15 is 0 Å². The Balaban J connectivity index is 2.95. The fraction of sp³-hybridized carbons (Fsp3) is 0. The molecule has 0 atom stereocenters. The van der Waals surface area contributed by atoms with Crippen molar-refractivity contribution in [3.8, 4) is 0 Å². The molecule has 0 fully saturated rings. The molecular weight excluding hydrogens is 307 g/mol. The van der Waals surface area contributed by atoms with Crippen molar-refractivity contribution in [1.29, 1.82) is 0 Å². The predicted molar refractivity (Wildman–Crippen MR) is 57.2 cm³/mol. The summed E-state index contributed by atoms with van der Waals surface area (Å²) in [7, 11) is 0. The van der Waals surface area contributed by atoms with Crippen LogP contribution in [0.2, 0.25) is 0 Å². The third-order valence-corrected chi connectivity index (χ3v) is 5.07. The Kier molecular flexibility index (Phi) is 2.23. The normalized spacial score (nSPS) is 10.9. The van der Waals surface area contributed by atoms with Crippen LogP contribution in [0.1, 0.15) is 0 Å². The molecule has 0 bridgehead atoms. The minimum atomic E-state index is -0.163. The summed E-state index contributed by atoms with van der Waals surface area (Å²) in [4.78, 5) is 0. The first-order valence-electron chi connectivity index (χ1n) is 3.22. The molecule has 2 rings (SSSR count). The maximum atomic E-state index is 13.1. The summed E-state index contributed by atoms with van der Waals surface area (Å²) in [5.74, 6) is -0.163. The molecular formula is C8H3Br2FS. The van der Waals surface area contributed by atoms with Gasteiger partial charge in [0.1, 0.15) is 5.82 Å². The first-order chi connectivity index (χ1) is 5.70. The monoisotopic (exact) mass is 308 g/mol. The summed E-state index contributed by atoms with van der Waals surface area (Å²) in [6.07, 6.45) is 0. The van der Waals surface area contributed by atoms with Crippen LogP contribution in [0.25, 0.3) is 10.1 Å². The minimum Gasteiger partial charge on any atom is -0.205 e. The Morgan fingerprint density at radius 3 is 2.67 bits per heavy atom. The average molecular weight is 310 g/mol. The van der Waals surface area contributed by atoms with Crippen LogP contribution >= 0.6 is 43.2 Å². The van der Waals surface area contributed by atoms with Crippen molar-refractivity contribution in [3.05, 3.63) is 32.3 Å². The van der Waals surface area contributed by atoms with Gasteiger partial charge < -0.3 is 0 Å². The topological polar surface area (TPSA) is 0 Å². The van der Waals surface area contributed by atoms with E-state index in [9.17, 15) is 4.39 Å². The molecule has 1 heterocycles. The van der Waals surface area contributed by atoms with Crippen LogP contribution in [-0.4, -0.2) is 0 Å². The van der Waals surface area contributed by atoms with E-state index < -0.39 is 0 Å². The van der Waals surface area contributed by atoms with Crippen molar-refractivity contribution < 1.29 is 4.39 Å². The van der Waals surface area contributed by atoms with Crippen molar-refractivity contribution in [2.24, 2.45) is 0 Å². The lowest BCUT2D eigenvalue weighted by Gasteiger charge is -1.89. The Morgan fingerprint density at radius 1 is 1.25 bits per heavy atom. The smallest absolute Gasteiger partial charge is 0.141 e. The average Bonchev–Trinajstić information content (AvgIpc) is 2.32. The van der Waals surface area contributed by atoms with Gasteiger partial charge in [-0.2, -0.15) is 0 Å². The maximum Gasteiger partial charge on any atom is 0.141 e. The Bertz CT molecular complexity index is 436. The molecule has 62 valence electrons. The molecule has 0 saturated carbocycles. The van der Waals surface area contributed by atoms with Gasteiger partial charge in [0, 0.05) is 5.39 Å². The summed E-state index contributed by atoms with van der Waals surface area (Å²) in [5, 5.41) is 0.923. The lowest BCUT2D eigenvalue weighted by molar-refractivity contribution is 0.641. The number of thiophene rings is 1. The van der Waals surface area contributed by atoms with Gasteiger partial charge in [-0.3, -0.25) is 0 Å². The fourth-order valence-corrected chi connectivity index (χ4v) is 3.25. The number of rotatable bonds is 0. The van der Waals surface area contributed by atoms with Crippen LogP contribution in [0.15, 0.2) is 26.5 Å². The SMILES string of the molecule is Fc1cccc2c(Br)c(Br)sc12. The van der Waals surface area contributed by atoms with E-state index in [2.05, 4.69) is 31.9 Å². The van der Waals surface area contributed by atoms with E-state index in [-0.39, 0.29) is 5.82 Å². The van der Waals surface area contributed by atoms with Crippen molar-refractivity contribution in [3.63, 3.8) is 0 Å². The van der Waals surface area contributed by atoms with Crippen LogP contribution < -0.4 is 0 Å². The number of hydrogen-bond acceptors (Lipinski definition) is 1. The van der Waals surface area contributed by atoms with Gasteiger partial charge in [0.05, 0.1) is 13.0 Å². The highest BCUT2D eigenvalue weighted by atomic mass is 79.9. The zero-order valence-electron chi connectivity index (χ0n) is 5.77. The standard InChI is InChI=1S/C8H3Br2FS/c9-6-4-2-1-3-5(11)7(4)12-8(6)10/h1-3H. The third-order valence-electron chi connectivity index (χ3n) is 1.57. The molecule has 0 N–H and O–H groups in total. The lowest BCUT2D eigenvalue weighted by atomic mass is 10.3. The van der Waals surface area contributed by atoms with Gasteiger partial charge in [0.15, 0.2) is 0 Å². The molecule has 0 radical (unpaired) electrons. The molecule has 0 unspecified atom stereocenters. The first kappa shape index (κ1) is 8.66. The maximum absolute atomic E-state index is 13.1. The molecule has 1 aromatic heterocycles. The zero-order valence-corrected chi connectivity index (χ0v) is 9.76. The summed E-state index contributed by atoms with van der Waals surface area (Å²) in [6.45, 7) is 0. The van der Waals surface area contributed by atoms with Crippen molar-refractivity contribution in [1.82, 2.24) is 0 Å². The van der Waals surface area contributed by atoms with Gasteiger partial charge >= 0.3 is 0 Å². The molecule has 0 aliphatic heterocycles. The van der Waals surface area contributed by atoms with Crippen molar-refractivity contribution in [2.75, 3.05) is 0 Å². The molecule has 12 heavy (non-hydrogen) atoms. The highest BCUT2D eigenvalue weighted by Gasteiger charge is 2.09. The Morgan fingerprint density at radius 2 is 2.00 bits per heavy atom.